The number of hydrogen-bond donors (Lipinski definition) is 2. The molecule has 2 N–H and O–H groups in total. The van der Waals surface area contributed by atoms with E-state index in [-0.39, 0.29) is 12.3 Å². The smallest absolute Gasteiger partial charge is 0.139 e. The molecule has 214 valence electrons. The molecule has 1 aliphatic heterocycles. The van der Waals surface area contributed by atoms with Gasteiger partial charge in [0.1, 0.15) is 29.3 Å². The molecule has 0 amide bonds. The Bertz CT molecular complexity index is 2400. The highest BCUT2D eigenvalue weighted by Gasteiger charge is 2.26. The first-order valence-corrected chi connectivity index (χ1v) is 15.2. The number of hydrogen-bond acceptors (Lipinski definition) is 5. The van der Waals surface area contributed by atoms with E-state index in [9.17, 15) is 0 Å². The Morgan fingerprint density at radius 3 is 2.18 bits per heavy atom. The van der Waals surface area contributed by atoms with Crippen LogP contribution in [0, 0.1) is 0 Å². The second-order valence-electron chi connectivity index (χ2n) is 11.5. The lowest BCUT2D eigenvalue weighted by molar-refractivity contribution is 0.411. The summed E-state index contributed by atoms with van der Waals surface area (Å²) in [5, 5.41) is 14.2. The quantitative estimate of drug-likeness (QED) is 0.218. The molecule has 1 aliphatic rings. The van der Waals surface area contributed by atoms with Gasteiger partial charge in [0.25, 0.3) is 0 Å². The summed E-state index contributed by atoms with van der Waals surface area (Å²) in [6.45, 7) is 0. The van der Waals surface area contributed by atoms with Crippen molar-refractivity contribution in [3.05, 3.63) is 162 Å². The Balaban J connectivity index is 1.15. The van der Waals surface area contributed by atoms with Gasteiger partial charge in [-0.3, -0.25) is 10.3 Å². The van der Waals surface area contributed by atoms with Crippen LogP contribution in [0.1, 0.15) is 29.0 Å². The van der Waals surface area contributed by atoms with Crippen LogP contribution in [0.3, 0.4) is 0 Å². The molecule has 0 saturated carbocycles. The molecule has 0 fully saturated rings. The predicted molar refractivity (Wildman–Crippen MR) is 183 cm³/mol. The largest absolute Gasteiger partial charge is 0.456 e. The van der Waals surface area contributed by atoms with Gasteiger partial charge in [-0.25, -0.2) is 4.99 Å². The molecule has 0 saturated heterocycles. The molecule has 0 spiro atoms. The number of aromatic nitrogens is 1. The number of aliphatic imine (C=N–C) groups is 1. The van der Waals surface area contributed by atoms with Gasteiger partial charge in [-0.05, 0) is 56.9 Å². The van der Waals surface area contributed by atoms with E-state index in [2.05, 4.69) is 120 Å². The number of nitrogens with one attached hydrogen (secondary N) is 2. The third kappa shape index (κ3) is 4.44. The number of pyridine rings is 1. The summed E-state index contributed by atoms with van der Waals surface area (Å²) < 4.78 is 6.33. The van der Waals surface area contributed by atoms with E-state index in [1.807, 2.05) is 36.5 Å². The molecule has 3 heterocycles. The molecule has 0 bridgehead atoms. The first-order chi connectivity index (χ1) is 22.3. The summed E-state index contributed by atoms with van der Waals surface area (Å²) >= 11 is 0. The Hall–Kier alpha value is -5.78. The van der Waals surface area contributed by atoms with Gasteiger partial charge in [0, 0.05) is 22.7 Å². The lowest BCUT2D eigenvalue weighted by Gasteiger charge is -2.32. The highest BCUT2D eigenvalue weighted by atomic mass is 16.3. The Morgan fingerprint density at radius 2 is 1.33 bits per heavy atom. The lowest BCUT2D eigenvalue weighted by atomic mass is 9.96. The van der Waals surface area contributed by atoms with Crippen molar-refractivity contribution in [1.82, 2.24) is 15.6 Å². The Labute approximate surface area is 259 Å². The number of furan rings is 1. The number of benzene rings is 6. The van der Waals surface area contributed by atoms with E-state index in [0.29, 0.717) is 0 Å². The molecule has 6 aromatic carbocycles. The van der Waals surface area contributed by atoms with Crippen LogP contribution >= 0.6 is 0 Å². The van der Waals surface area contributed by atoms with Crippen molar-refractivity contribution in [2.24, 2.45) is 4.99 Å². The van der Waals surface area contributed by atoms with Gasteiger partial charge in [-0.1, -0.05) is 115 Å². The highest BCUT2D eigenvalue weighted by Crippen LogP contribution is 2.38. The zero-order valence-electron chi connectivity index (χ0n) is 24.3. The van der Waals surface area contributed by atoms with E-state index in [0.717, 1.165) is 66.5 Å². The Kier molecular flexibility index (Phi) is 5.96. The Morgan fingerprint density at radius 1 is 0.578 bits per heavy atom. The van der Waals surface area contributed by atoms with E-state index in [4.69, 9.17) is 14.4 Å². The topological polar surface area (TPSA) is 62.5 Å². The second-order valence-corrected chi connectivity index (χ2v) is 11.5. The summed E-state index contributed by atoms with van der Waals surface area (Å²) in [6.07, 6.45) is 1.50. The molecule has 5 heteroatoms. The van der Waals surface area contributed by atoms with Crippen molar-refractivity contribution < 1.29 is 4.42 Å². The standard InChI is InChI=1S/C40H28N4O/c1-3-10-25(11-4-1)38-42-39(26-12-5-2-6-13-26)44-40(43-38)32-17-9-16-29-22-30(18-19-31(29)32)37-36-33-23-27-14-7-8-15-28(27)24-35(33)45-34(36)20-21-41-37/h1-24,38,40,43H,(H,42,44). The summed E-state index contributed by atoms with van der Waals surface area (Å²) in [5.74, 6) is 0.872. The molecule has 2 aromatic heterocycles. The zero-order chi connectivity index (χ0) is 29.7. The molecule has 8 aromatic rings. The normalized spacial score (nSPS) is 16.7. The van der Waals surface area contributed by atoms with Crippen LogP contribution in [0.15, 0.2) is 155 Å². The molecule has 9 rings (SSSR count). The van der Waals surface area contributed by atoms with Crippen LogP contribution in [0.25, 0.3) is 54.7 Å². The van der Waals surface area contributed by atoms with E-state index < -0.39 is 0 Å². The average molecular weight is 581 g/mol. The summed E-state index contributed by atoms with van der Waals surface area (Å²) in [6, 6.07) is 48.6. The van der Waals surface area contributed by atoms with Gasteiger partial charge in [0.15, 0.2) is 0 Å². The molecule has 2 unspecified atom stereocenters. The fourth-order valence-electron chi connectivity index (χ4n) is 6.60. The van der Waals surface area contributed by atoms with Gasteiger partial charge < -0.3 is 9.73 Å². The van der Waals surface area contributed by atoms with Crippen molar-refractivity contribution >= 4 is 49.3 Å². The first-order valence-electron chi connectivity index (χ1n) is 15.2. The minimum atomic E-state index is -0.186. The summed E-state index contributed by atoms with van der Waals surface area (Å²) in [5.41, 5.74) is 7.04. The molecule has 0 aliphatic carbocycles. The number of rotatable bonds is 4. The highest BCUT2D eigenvalue weighted by molar-refractivity contribution is 6.15. The lowest BCUT2D eigenvalue weighted by Crippen LogP contribution is -2.45. The second kappa shape index (κ2) is 10.4. The van der Waals surface area contributed by atoms with E-state index in [1.54, 1.807) is 0 Å². The van der Waals surface area contributed by atoms with Crippen LogP contribution in [0.4, 0.5) is 0 Å². The SMILES string of the molecule is c1ccc(C2=NC(c3ccccc3)NC(c3cccc4cc(-c5nccc6oc7cc8ccccc8cc7c56)ccc34)N2)cc1. The fraction of sp³-hybridized carbons (Fsp3) is 0.0500. The maximum Gasteiger partial charge on any atom is 0.139 e. The van der Waals surface area contributed by atoms with Crippen molar-refractivity contribution in [1.29, 1.82) is 0 Å². The van der Waals surface area contributed by atoms with Crippen LogP contribution in [-0.2, 0) is 0 Å². The molecular formula is C40H28N4O. The van der Waals surface area contributed by atoms with Crippen molar-refractivity contribution in [2.75, 3.05) is 0 Å². The monoisotopic (exact) mass is 580 g/mol. The zero-order valence-corrected chi connectivity index (χ0v) is 24.3. The van der Waals surface area contributed by atoms with Crippen LogP contribution in [0.2, 0.25) is 0 Å². The summed E-state index contributed by atoms with van der Waals surface area (Å²) in [7, 11) is 0. The molecule has 5 nitrogen and oxygen atoms in total. The molecule has 0 radical (unpaired) electrons. The van der Waals surface area contributed by atoms with Gasteiger partial charge in [-0.15, -0.1) is 0 Å². The maximum absolute atomic E-state index is 6.33. The van der Waals surface area contributed by atoms with Gasteiger partial charge in [0.05, 0.1) is 11.1 Å². The molecular weight excluding hydrogens is 552 g/mol. The molecule has 45 heavy (non-hydrogen) atoms. The van der Waals surface area contributed by atoms with Crippen LogP contribution < -0.4 is 10.6 Å². The van der Waals surface area contributed by atoms with Crippen LogP contribution in [0.5, 0.6) is 0 Å². The first kappa shape index (κ1) is 25.7. The van der Waals surface area contributed by atoms with E-state index in [1.165, 1.54) is 10.8 Å². The van der Waals surface area contributed by atoms with Gasteiger partial charge >= 0.3 is 0 Å². The minimum absolute atomic E-state index is 0.148. The third-order valence-electron chi connectivity index (χ3n) is 8.77. The van der Waals surface area contributed by atoms with Crippen molar-refractivity contribution in [3.8, 4) is 11.3 Å². The maximum atomic E-state index is 6.33. The number of fused-ring (bicyclic) bond motifs is 5. The summed E-state index contributed by atoms with van der Waals surface area (Å²) in [4.78, 5) is 9.96. The number of nitrogens with zero attached hydrogens (tertiary/aromatic N) is 2. The van der Waals surface area contributed by atoms with Crippen molar-refractivity contribution in [3.63, 3.8) is 0 Å². The minimum Gasteiger partial charge on any atom is -0.456 e. The van der Waals surface area contributed by atoms with Gasteiger partial charge in [-0.2, -0.15) is 0 Å². The molecule has 2 atom stereocenters. The number of amidine groups is 1. The third-order valence-corrected chi connectivity index (χ3v) is 8.77. The fourth-order valence-corrected chi connectivity index (χ4v) is 6.60. The predicted octanol–water partition coefficient (Wildman–Crippen LogP) is 9.29. The van der Waals surface area contributed by atoms with Gasteiger partial charge in [0.2, 0.25) is 0 Å². The van der Waals surface area contributed by atoms with E-state index >= 15 is 0 Å². The average Bonchev–Trinajstić information content (AvgIpc) is 3.48. The van der Waals surface area contributed by atoms with Crippen LogP contribution in [-0.4, -0.2) is 10.8 Å². The van der Waals surface area contributed by atoms with Crippen molar-refractivity contribution in [2.45, 2.75) is 12.3 Å².